The number of para-hydroxylation sites is 1. The van der Waals surface area contributed by atoms with E-state index < -0.39 is 0 Å². The molecule has 128 valence electrons. The Bertz CT molecular complexity index is 729. The van der Waals surface area contributed by atoms with E-state index in [-0.39, 0.29) is 0 Å². The first kappa shape index (κ1) is 17.2. The van der Waals surface area contributed by atoms with Crippen LogP contribution in [0.2, 0.25) is 0 Å². The van der Waals surface area contributed by atoms with Crippen molar-refractivity contribution in [1.29, 1.82) is 0 Å². The SMILES string of the molecule is CCCCN=C1SC(=Cc2c[nH]c3ccccc23)CN1CCCC. The molecule has 1 fully saturated rings. The second-order valence-corrected chi connectivity index (χ2v) is 7.39. The summed E-state index contributed by atoms with van der Waals surface area (Å²) in [7, 11) is 0. The zero-order valence-electron chi connectivity index (χ0n) is 14.7. The highest BCUT2D eigenvalue weighted by molar-refractivity contribution is 8.17. The van der Waals surface area contributed by atoms with Crippen LogP contribution in [-0.4, -0.2) is 34.7 Å². The van der Waals surface area contributed by atoms with Crippen LogP contribution in [0.1, 0.15) is 45.1 Å². The number of unbranched alkanes of at least 4 members (excludes halogenated alkanes) is 2. The number of benzene rings is 1. The second kappa shape index (κ2) is 8.43. The molecule has 0 bridgehead atoms. The van der Waals surface area contributed by atoms with Crippen molar-refractivity contribution in [3.63, 3.8) is 0 Å². The van der Waals surface area contributed by atoms with Crippen molar-refractivity contribution in [3.8, 4) is 0 Å². The van der Waals surface area contributed by atoms with Gasteiger partial charge in [0.15, 0.2) is 5.17 Å². The van der Waals surface area contributed by atoms with E-state index in [9.17, 15) is 0 Å². The molecule has 24 heavy (non-hydrogen) atoms. The average molecular weight is 342 g/mol. The molecule has 0 radical (unpaired) electrons. The molecule has 0 unspecified atom stereocenters. The van der Waals surface area contributed by atoms with Crippen molar-refractivity contribution < 1.29 is 0 Å². The molecule has 1 saturated heterocycles. The quantitative estimate of drug-likeness (QED) is 0.673. The van der Waals surface area contributed by atoms with Crippen LogP contribution in [-0.2, 0) is 0 Å². The Morgan fingerprint density at radius 3 is 2.88 bits per heavy atom. The van der Waals surface area contributed by atoms with Crippen LogP contribution in [0.5, 0.6) is 0 Å². The van der Waals surface area contributed by atoms with Crippen molar-refractivity contribution in [2.24, 2.45) is 4.99 Å². The van der Waals surface area contributed by atoms with Crippen LogP contribution in [0.4, 0.5) is 0 Å². The standard InChI is InChI=1S/C20H27N3S/c1-3-5-11-21-20-23(12-6-4-2)15-17(24-20)13-16-14-22-19-10-8-7-9-18(16)19/h7-10,13-14,22H,3-6,11-12,15H2,1-2H3. The van der Waals surface area contributed by atoms with Crippen LogP contribution < -0.4 is 0 Å². The zero-order valence-corrected chi connectivity index (χ0v) is 15.5. The molecular formula is C20H27N3S. The number of nitrogens with one attached hydrogen (secondary N) is 1. The maximum atomic E-state index is 4.85. The lowest BCUT2D eigenvalue weighted by Gasteiger charge is -2.16. The number of aromatic nitrogens is 1. The molecule has 0 spiro atoms. The summed E-state index contributed by atoms with van der Waals surface area (Å²) in [6.07, 6.45) is 9.27. The smallest absolute Gasteiger partial charge is 0.164 e. The predicted molar refractivity (Wildman–Crippen MR) is 108 cm³/mol. The van der Waals surface area contributed by atoms with Crippen LogP contribution >= 0.6 is 11.8 Å². The number of hydrogen-bond acceptors (Lipinski definition) is 2. The first-order valence-corrected chi connectivity index (χ1v) is 9.87. The largest absolute Gasteiger partial charge is 0.361 e. The van der Waals surface area contributed by atoms with Crippen molar-refractivity contribution >= 4 is 33.9 Å². The van der Waals surface area contributed by atoms with Crippen molar-refractivity contribution in [3.05, 3.63) is 40.9 Å². The molecule has 3 nitrogen and oxygen atoms in total. The molecule has 2 heterocycles. The molecule has 1 aromatic carbocycles. The number of rotatable bonds is 7. The molecule has 3 rings (SSSR count). The summed E-state index contributed by atoms with van der Waals surface area (Å²) in [5, 5.41) is 2.50. The van der Waals surface area contributed by atoms with Gasteiger partial charge in [0.25, 0.3) is 0 Å². The third-order valence-corrected chi connectivity index (χ3v) is 5.40. The van der Waals surface area contributed by atoms with Crippen molar-refractivity contribution in [2.75, 3.05) is 19.6 Å². The fourth-order valence-corrected chi connectivity index (χ4v) is 4.00. The normalized spacial score (nSPS) is 18.3. The summed E-state index contributed by atoms with van der Waals surface area (Å²) in [6.45, 7) is 7.52. The Balaban J connectivity index is 1.79. The van der Waals surface area contributed by atoms with Gasteiger partial charge in [-0.3, -0.25) is 4.99 Å². The second-order valence-electron chi connectivity index (χ2n) is 6.30. The van der Waals surface area contributed by atoms with E-state index in [0.29, 0.717) is 0 Å². The molecule has 4 heteroatoms. The van der Waals surface area contributed by atoms with Crippen molar-refractivity contribution in [2.45, 2.75) is 39.5 Å². The van der Waals surface area contributed by atoms with Crippen LogP contribution in [0.25, 0.3) is 17.0 Å². The molecule has 0 saturated carbocycles. The number of amidine groups is 1. The highest BCUT2D eigenvalue weighted by Crippen LogP contribution is 2.33. The molecule has 0 aliphatic carbocycles. The topological polar surface area (TPSA) is 31.4 Å². The molecule has 0 atom stereocenters. The van der Waals surface area contributed by atoms with Gasteiger partial charge in [0, 0.05) is 40.7 Å². The molecule has 1 N–H and O–H groups in total. The van der Waals surface area contributed by atoms with Gasteiger partial charge in [0.2, 0.25) is 0 Å². The number of thioether (sulfide) groups is 1. The molecule has 0 amide bonds. The molecule has 1 aliphatic heterocycles. The minimum Gasteiger partial charge on any atom is -0.361 e. The van der Waals surface area contributed by atoms with Gasteiger partial charge in [-0.2, -0.15) is 0 Å². The maximum Gasteiger partial charge on any atom is 0.164 e. The lowest BCUT2D eigenvalue weighted by molar-refractivity contribution is 0.457. The molecule has 1 aliphatic rings. The van der Waals surface area contributed by atoms with Crippen molar-refractivity contribution in [1.82, 2.24) is 9.88 Å². The first-order valence-electron chi connectivity index (χ1n) is 9.05. The number of aliphatic imine (C=N–C) groups is 1. The highest BCUT2D eigenvalue weighted by Gasteiger charge is 2.23. The molecular weight excluding hydrogens is 314 g/mol. The first-order chi connectivity index (χ1) is 11.8. The van der Waals surface area contributed by atoms with Gasteiger partial charge in [0.1, 0.15) is 0 Å². The number of hydrogen-bond donors (Lipinski definition) is 1. The Labute approximate surface area is 149 Å². The van der Waals surface area contributed by atoms with Gasteiger partial charge < -0.3 is 9.88 Å². The van der Waals surface area contributed by atoms with E-state index >= 15 is 0 Å². The molecule has 1 aromatic heterocycles. The van der Waals surface area contributed by atoms with Gasteiger partial charge in [-0.05, 0) is 25.0 Å². The van der Waals surface area contributed by atoms with E-state index in [1.807, 2.05) is 11.8 Å². The van der Waals surface area contributed by atoms with Gasteiger partial charge >= 0.3 is 0 Å². The fraction of sp³-hybridized carbons (Fsp3) is 0.450. The summed E-state index contributed by atoms with van der Waals surface area (Å²) in [5.41, 5.74) is 2.48. The predicted octanol–water partition coefficient (Wildman–Crippen LogP) is 5.51. The number of nitrogens with zero attached hydrogens (tertiary/aromatic N) is 2. The number of fused-ring (bicyclic) bond motifs is 1. The highest BCUT2D eigenvalue weighted by atomic mass is 32.2. The molecule has 2 aromatic rings. The Morgan fingerprint density at radius 2 is 2.04 bits per heavy atom. The maximum absolute atomic E-state index is 4.85. The zero-order chi connectivity index (χ0) is 16.8. The van der Waals surface area contributed by atoms with E-state index in [0.717, 1.165) is 19.6 Å². The lowest BCUT2D eigenvalue weighted by Crippen LogP contribution is -2.25. The summed E-state index contributed by atoms with van der Waals surface area (Å²) >= 11 is 1.85. The third-order valence-electron chi connectivity index (χ3n) is 4.32. The lowest BCUT2D eigenvalue weighted by atomic mass is 10.1. The number of H-pyrrole nitrogens is 1. The average Bonchev–Trinajstić information content (AvgIpc) is 3.18. The Morgan fingerprint density at radius 1 is 1.21 bits per heavy atom. The minimum absolute atomic E-state index is 0.946. The van der Waals surface area contributed by atoms with Gasteiger partial charge in [0.05, 0.1) is 6.54 Å². The third kappa shape index (κ3) is 4.04. The van der Waals surface area contributed by atoms with E-state index in [1.54, 1.807) is 0 Å². The summed E-state index contributed by atoms with van der Waals surface area (Å²) < 4.78 is 0. The van der Waals surface area contributed by atoms with E-state index in [1.165, 1.54) is 52.2 Å². The summed E-state index contributed by atoms with van der Waals surface area (Å²) in [6, 6.07) is 8.49. The monoisotopic (exact) mass is 341 g/mol. The summed E-state index contributed by atoms with van der Waals surface area (Å²) in [5.74, 6) is 0. The van der Waals surface area contributed by atoms with E-state index in [2.05, 4.69) is 60.3 Å². The van der Waals surface area contributed by atoms with Gasteiger partial charge in [-0.15, -0.1) is 0 Å². The fourth-order valence-electron chi connectivity index (χ4n) is 2.92. The van der Waals surface area contributed by atoms with Crippen LogP contribution in [0.15, 0.2) is 40.4 Å². The minimum atomic E-state index is 0.946. The van der Waals surface area contributed by atoms with E-state index in [4.69, 9.17) is 4.99 Å². The number of aromatic amines is 1. The van der Waals surface area contributed by atoms with Gasteiger partial charge in [-0.25, -0.2) is 0 Å². The van der Waals surface area contributed by atoms with Gasteiger partial charge in [-0.1, -0.05) is 56.7 Å². The Kier molecular flexibility index (Phi) is 6.02. The Hall–Kier alpha value is -1.68. The van der Waals surface area contributed by atoms with Crippen LogP contribution in [0, 0.1) is 0 Å². The summed E-state index contributed by atoms with van der Waals surface area (Å²) in [4.78, 5) is 12.1. The van der Waals surface area contributed by atoms with Crippen LogP contribution in [0.3, 0.4) is 0 Å².